The predicted octanol–water partition coefficient (Wildman–Crippen LogP) is 1.42. The Kier molecular flexibility index (Phi) is 4.39. The maximum Gasteiger partial charge on any atom is 0.245 e. The first-order chi connectivity index (χ1) is 11.0. The molecular weight excluding hydrogens is 290 g/mol. The molecule has 1 spiro atoms. The molecule has 0 saturated carbocycles. The van der Waals surface area contributed by atoms with Gasteiger partial charge in [0.25, 0.3) is 0 Å². The Morgan fingerprint density at radius 3 is 2.57 bits per heavy atom. The van der Waals surface area contributed by atoms with Crippen molar-refractivity contribution in [1.82, 2.24) is 15.8 Å². The molecule has 1 unspecified atom stereocenters. The zero-order valence-electron chi connectivity index (χ0n) is 13.9. The van der Waals surface area contributed by atoms with Gasteiger partial charge in [0.1, 0.15) is 0 Å². The molecular formula is C18H25N3O2. The third-order valence-electron chi connectivity index (χ3n) is 4.69. The summed E-state index contributed by atoms with van der Waals surface area (Å²) in [5, 5.41) is 4.84. The van der Waals surface area contributed by atoms with Gasteiger partial charge in [0.2, 0.25) is 11.8 Å². The van der Waals surface area contributed by atoms with Crippen molar-refractivity contribution >= 4 is 11.8 Å². The van der Waals surface area contributed by atoms with Gasteiger partial charge >= 0.3 is 0 Å². The van der Waals surface area contributed by atoms with Crippen molar-refractivity contribution in [2.75, 3.05) is 13.1 Å². The summed E-state index contributed by atoms with van der Waals surface area (Å²) >= 11 is 0. The normalized spacial score (nSPS) is 23.8. The van der Waals surface area contributed by atoms with Crippen LogP contribution < -0.4 is 10.7 Å². The smallest absolute Gasteiger partial charge is 0.245 e. The fraction of sp³-hybridized carbons (Fsp3) is 0.556. The lowest BCUT2D eigenvalue weighted by molar-refractivity contribution is -0.139. The number of rotatable bonds is 4. The van der Waals surface area contributed by atoms with E-state index < -0.39 is 0 Å². The summed E-state index contributed by atoms with van der Waals surface area (Å²) in [7, 11) is 0. The number of benzene rings is 1. The van der Waals surface area contributed by atoms with Crippen molar-refractivity contribution in [3.05, 3.63) is 35.4 Å². The summed E-state index contributed by atoms with van der Waals surface area (Å²) in [6.45, 7) is 5.93. The number of carbonyl (C=O) groups excluding carboxylic acids is 2. The fourth-order valence-corrected chi connectivity index (χ4v) is 3.58. The Labute approximate surface area is 137 Å². The molecule has 1 aromatic rings. The number of hydrogen-bond donors (Lipinski definition) is 2. The zero-order chi connectivity index (χ0) is 16.4. The average Bonchev–Trinajstić information content (AvgIpc) is 3.08. The van der Waals surface area contributed by atoms with Crippen molar-refractivity contribution in [1.29, 1.82) is 0 Å². The summed E-state index contributed by atoms with van der Waals surface area (Å²) in [4.78, 5) is 24.5. The summed E-state index contributed by atoms with van der Waals surface area (Å²) in [6, 6.07) is 8.23. The molecule has 2 heterocycles. The first-order valence-corrected chi connectivity index (χ1v) is 8.40. The van der Waals surface area contributed by atoms with Gasteiger partial charge in [-0.15, -0.1) is 0 Å². The SMILES string of the molecule is CC(C)Cc1ccc(CC(=O)N2NC(=O)CC23CCNC3)cc1. The van der Waals surface area contributed by atoms with Crippen LogP contribution in [0.4, 0.5) is 0 Å². The van der Waals surface area contributed by atoms with E-state index in [1.807, 2.05) is 12.1 Å². The van der Waals surface area contributed by atoms with Gasteiger partial charge in [-0.3, -0.25) is 15.0 Å². The van der Waals surface area contributed by atoms with Gasteiger partial charge in [0, 0.05) is 6.54 Å². The standard InChI is InChI=1S/C18H25N3O2/c1-13(2)9-14-3-5-15(6-4-14)10-17(23)21-18(7-8-19-12-18)11-16(22)20-21/h3-6,13,19H,7-12H2,1-2H3,(H,20,22). The van der Waals surface area contributed by atoms with E-state index in [0.29, 0.717) is 25.3 Å². The van der Waals surface area contributed by atoms with Crippen LogP contribution in [0.25, 0.3) is 0 Å². The second kappa shape index (κ2) is 6.32. The molecule has 0 aliphatic carbocycles. The van der Waals surface area contributed by atoms with E-state index in [-0.39, 0.29) is 17.4 Å². The van der Waals surface area contributed by atoms with Crippen molar-refractivity contribution in [3.63, 3.8) is 0 Å². The van der Waals surface area contributed by atoms with Crippen molar-refractivity contribution in [2.45, 2.75) is 45.1 Å². The molecule has 5 nitrogen and oxygen atoms in total. The van der Waals surface area contributed by atoms with Crippen molar-refractivity contribution in [3.8, 4) is 0 Å². The highest BCUT2D eigenvalue weighted by Crippen LogP contribution is 2.30. The van der Waals surface area contributed by atoms with E-state index in [9.17, 15) is 9.59 Å². The van der Waals surface area contributed by atoms with Gasteiger partial charge in [-0.1, -0.05) is 38.1 Å². The molecule has 2 amide bonds. The van der Waals surface area contributed by atoms with Crippen molar-refractivity contribution < 1.29 is 9.59 Å². The molecule has 124 valence electrons. The quantitative estimate of drug-likeness (QED) is 0.883. The number of amides is 2. The van der Waals surface area contributed by atoms with Gasteiger partial charge in [0.05, 0.1) is 18.4 Å². The van der Waals surface area contributed by atoms with Gasteiger partial charge in [-0.2, -0.15) is 0 Å². The molecule has 0 bridgehead atoms. The molecule has 1 atom stereocenters. The van der Waals surface area contributed by atoms with Crippen LogP contribution in [0, 0.1) is 5.92 Å². The lowest BCUT2D eigenvalue weighted by atomic mass is 9.94. The van der Waals surface area contributed by atoms with Crippen LogP contribution in [0.2, 0.25) is 0 Å². The average molecular weight is 315 g/mol. The Bertz CT molecular complexity index is 589. The monoisotopic (exact) mass is 315 g/mol. The number of hydrogen-bond acceptors (Lipinski definition) is 3. The highest BCUT2D eigenvalue weighted by molar-refractivity contribution is 5.88. The number of hydrazine groups is 1. The fourth-order valence-electron chi connectivity index (χ4n) is 3.58. The second-order valence-corrected chi connectivity index (χ2v) is 7.18. The Balaban J connectivity index is 1.67. The second-order valence-electron chi connectivity index (χ2n) is 7.18. The van der Waals surface area contributed by atoms with Gasteiger partial charge in [-0.05, 0) is 36.4 Å². The molecule has 2 saturated heterocycles. The third-order valence-corrected chi connectivity index (χ3v) is 4.69. The minimum Gasteiger partial charge on any atom is -0.314 e. The van der Waals surface area contributed by atoms with E-state index in [1.54, 1.807) is 5.01 Å². The largest absolute Gasteiger partial charge is 0.314 e. The van der Waals surface area contributed by atoms with Gasteiger partial charge in [0.15, 0.2) is 0 Å². The molecule has 1 aromatic carbocycles. The summed E-state index contributed by atoms with van der Waals surface area (Å²) in [5.41, 5.74) is 4.66. The highest BCUT2D eigenvalue weighted by atomic mass is 16.2. The summed E-state index contributed by atoms with van der Waals surface area (Å²) < 4.78 is 0. The molecule has 2 fully saturated rings. The highest BCUT2D eigenvalue weighted by Gasteiger charge is 2.49. The molecule has 0 radical (unpaired) electrons. The zero-order valence-corrected chi connectivity index (χ0v) is 13.9. The van der Waals surface area contributed by atoms with E-state index >= 15 is 0 Å². The molecule has 23 heavy (non-hydrogen) atoms. The lowest BCUT2D eigenvalue weighted by Crippen LogP contribution is -2.53. The van der Waals surface area contributed by atoms with Crippen LogP contribution in [-0.4, -0.2) is 35.5 Å². The molecule has 0 aromatic heterocycles. The van der Waals surface area contributed by atoms with Gasteiger partial charge < -0.3 is 5.32 Å². The van der Waals surface area contributed by atoms with Crippen molar-refractivity contribution in [2.24, 2.45) is 5.92 Å². The van der Waals surface area contributed by atoms with Crippen LogP contribution in [0.15, 0.2) is 24.3 Å². The van der Waals surface area contributed by atoms with Crippen LogP contribution >= 0.6 is 0 Å². The molecule has 5 heteroatoms. The minimum absolute atomic E-state index is 0.0313. The lowest BCUT2D eigenvalue weighted by Gasteiger charge is -2.32. The Morgan fingerprint density at radius 2 is 1.96 bits per heavy atom. The summed E-state index contributed by atoms with van der Waals surface area (Å²) in [6.07, 6.45) is 2.60. The van der Waals surface area contributed by atoms with Crippen LogP contribution in [0.1, 0.15) is 37.8 Å². The van der Waals surface area contributed by atoms with E-state index in [1.165, 1.54) is 5.56 Å². The Morgan fingerprint density at radius 1 is 1.26 bits per heavy atom. The van der Waals surface area contributed by atoms with E-state index in [4.69, 9.17) is 0 Å². The first-order valence-electron chi connectivity index (χ1n) is 8.40. The van der Waals surface area contributed by atoms with Crippen LogP contribution in [0.5, 0.6) is 0 Å². The third kappa shape index (κ3) is 3.39. The maximum atomic E-state index is 12.7. The molecule has 2 aliphatic rings. The van der Waals surface area contributed by atoms with Gasteiger partial charge in [-0.25, -0.2) is 5.01 Å². The topological polar surface area (TPSA) is 61.4 Å². The number of nitrogens with zero attached hydrogens (tertiary/aromatic N) is 1. The molecule has 3 rings (SSSR count). The number of carbonyl (C=O) groups is 2. The molecule has 2 aliphatic heterocycles. The van der Waals surface area contributed by atoms with E-state index in [0.717, 1.165) is 24.9 Å². The first kappa shape index (κ1) is 16.0. The maximum absolute atomic E-state index is 12.7. The van der Waals surface area contributed by atoms with E-state index in [2.05, 4.69) is 36.7 Å². The number of nitrogens with one attached hydrogen (secondary N) is 2. The minimum atomic E-state index is -0.369. The Hall–Kier alpha value is -1.88. The summed E-state index contributed by atoms with van der Waals surface area (Å²) in [5.74, 6) is 0.530. The van der Waals surface area contributed by atoms with Crippen LogP contribution in [0.3, 0.4) is 0 Å². The predicted molar refractivity (Wildman–Crippen MR) is 88.5 cm³/mol. The molecule has 2 N–H and O–H groups in total. The van der Waals surface area contributed by atoms with Crippen LogP contribution in [-0.2, 0) is 22.4 Å².